The largest absolute Gasteiger partial charge is 0.497 e. The topological polar surface area (TPSA) is 34.5 Å². The van der Waals surface area contributed by atoms with Crippen molar-refractivity contribution in [2.45, 2.75) is 79.2 Å². The molecule has 1 heterocycles. The van der Waals surface area contributed by atoms with Gasteiger partial charge >= 0.3 is 0 Å². The molecule has 0 bridgehead atoms. The van der Waals surface area contributed by atoms with Crippen LogP contribution in [0.1, 0.15) is 87.9 Å². The predicted octanol–water partition coefficient (Wildman–Crippen LogP) is 9.19. The first-order chi connectivity index (χ1) is 19.8. The molecule has 0 spiro atoms. The molecule has 216 valence electrons. The summed E-state index contributed by atoms with van der Waals surface area (Å²) in [5.41, 5.74) is 10.6. The van der Waals surface area contributed by atoms with E-state index in [2.05, 4.69) is 105 Å². The molecule has 0 amide bonds. The minimum absolute atomic E-state index is 0.136. The Hall–Kier alpha value is -3.79. The van der Waals surface area contributed by atoms with Gasteiger partial charge in [0.2, 0.25) is 0 Å². The lowest BCUT2D eigenvalue weighted by molar-refractivity contribution is -0.117. The Kier molecular flexibility index (Phi) is 9.75. The average molecular weight is 551 g/mol. The number of carbonyl (C=O) groups excluding carboxylic acids is 1. The standard InChI is InChI=1S/C35H40N2O2.C2H6/c1-23-9-7-8-10-32(23)36(5)35(28-13-17-30(18-14-28)37-25(3)11-12-26(37)4)34-24(2)21-29(22-33(34)38)27-15-19-31(39-6)20-16-27;1-2/h8,10-20,29,35H,7,9,21-22H2,1-6H3;1-2H3. The third-order valence-electron chi connectivity index (χ3n) is 8.51. The zero-order valence-electron chi connectivity index (χ0n) is 26.1. The summed E-state index contributed by atoms with van der Waals surface area (Å²) in [6.07, 6.45) is 8.01. The van der Waals surface area contributed by atoms with Crippen LogP contribution < -0.4 is 4.74 Å². The van der Waals surface area contributed by atoms with Crippen LogP contribution in [0, 0.1) is 13.8 Å². The van der Waals surface area contributed by atoms with Crippen LogP contribution in [0.5, 0.6) is 5.75 Å². The van der Waals surface area contributed by atoms with Gasteiger partial charge in [-0.3, -0.25) is 4.79 Å². The van der Waals surface area contributed by atoms with Crippen molar-refractivity contribution in [1.29, 1.82) is 0 Å². The zero-order valence-corrected chi connectivity index (χ0v) is 26.1. The number of likely N-dealkylation sites (N-methyl/N-ethyl adjacent to an activating group) is 1. The van der Waals surface area contributed by atoms with E-state index >= 15 is 0 Å². The number of ketones is 1. The summed E-state index contributed by atoms with van der Waals surface area (Å²) in [5.74, 6) is 1.28. The molecule has 0 saturated heterocycles. The number of hydrogen-bond acceptors (Lipinski definition) is 3. The van der Waals surface area contributed by atoms with Crippen LogP contribution in [0.25, 0.3) is 5.69 Å². The van der Waals surface area contributed by atoms with Gasteiger partial charge in [-0.25, -0.2) is 0 Å². The van der Waals surface area contributed by atoms with Crippen LogP contribution >= 0.6 is 0 Å². The molecular weight excluding hydrogens is 504 g/mol. The van der Waals surface area contributed by atoms with Crippen molar-refractivity contribution >= 4 is 5.78 Å². The second kappa shape index (κ2) is 13.2. The number of carbonyl (C=O) groups is 1. The normalized spacial score (nSPS) is 17.8. The van der Waals surface area contributed by atoms with Crippen LogP contribution in [-0.4, -0.2) is 29.4 Å². The van der Waals surface area contributed by atoms with E-state index in [0.717, 1.165) is 41.8 Å². The minimum atomic E-state index is -0.136. The molecule has 0 fully saturated rings. The average Bonchev–Trinajstić information content (AvgIpc) is 3.33. The molecule has 2 atom stereocenters. The van der Waals surface area contributed by atoms with Crippen molar-refractivity contribution in [3.63, 3.8) is 0 Å². The molecule has 2 aromatic carbocycles. The van der Waals surface area contributed by atoms with Crippen LogP contribution in [0.15, 0.2) is 95.2 Å². The Labute approximate surface area is 247 Å². The first-order valence-corrected chi connectivity index (χ1v) is 15.0. The molecule has 5 rings (SSSR count). The van der Waals surface area contributed by atoms with E-state index in [9.17, 15) is 4.79 Å². The van der Waals surface area contributed by atoms with Gasteiger partial charge in [0.25, 0.3) is 0 Å². The van der Waals surface area contributed by atoms with Gasteiger partial charge in [-0.05, 0) is 112 Å². The summed E-state index contributed by atoms with van der Waals surface area (Å²) in [6, 6.07) is 21.2. The quantitative estimate of drug-likeness (QED) is 0.294. The number of ether oxygens (including phenoxy) is 1. The molecule has 2 unspecified atom stereocenters. The maximum absolute atomic E-state index is 14.0. The molecule has 1 aromatic heterocycles. The lowest BCUT2D eigenvalue weighted by Gasteiger charge is -2.38. The third kappa shape index (κ3) is 6.27. The van der Waals surface area contributed by atoms with Gasteiger partial charge in [-0.1, -0.05) is 49.8 Å². The summed E-state index contributed by atoms with van der Waals surface area (Å²) < 4.78 is 7.61. The number of benzene rings is 2. The fourth-order valence-corrected chi connectivity index (χ4v) is 6.41. The maximum atomic E-state index is 14.0. The van der Waals surface area contributed by atoms with Gasteiger partial charge < -0.3 is 14.2 Å². The molecule has 41 heavy (non-hydrogen) atoms. The van der Waals surface area contributed by atoms with Crippen molar-refractivity contribution < 1.29 is 9.53 Å². The Balaban J connectivity index is 0.00000189. The van der Waals surface area contributed by atoms with Gasteiger partial charge in [-0.2, -0.15) is 0 Å². The summed E-state index contributed by atoms with van der Waals surface area (Å²) in [6.45, 7) is 12.6. The Morgan fingerprint density at radius 2 is 1.49 bits per heavy atom. The van der Waals surface area contributed by atoms with Crippen LogP contribution in [0.3, 0.4) is 0 Å². The van der Waals surface area contributed by atoms with Gasteiger partial charge in [0.15, 0.2) is 5.78 Å². The van der Waals surface area contributed by atoms with E-state index in [-0.39, 0.29) is 17.7 Å². The van der Waals surface area contributed by atoms with Crippen molar-refractivity contribution in [1.82, 2.24) is 9.47 Å². The fraction of sp³-hybridized carbons (Fsp3) is 0.378. The Morgan fingerprint density at radius 3 is 2.05 bits per heavy atom. The van der Waals surface area contributed by atoms with E-state index in [1.807, 2.05) is 26.0 Å². The molecule has 3 aromatic rings. The number of nitrogens with zero attached hydrogens (tertiary/aromatic N) is 2. The Bertz CT molecular complexity index is 1430. The van der Waals surface area contributed by atoms with E-state index in [1.165, 1.54) is 33.8 Å². The summed E-state index contributed by atoms with van der Waals surface area (Å²) >= 11 is 0. The molecule has 0 saturated carbocycles. The summed E-state index contributed by atoms with van der Waals surface area (Å²) in [5, 5.41) is 0. The Morgan fingerprint density at radius 1 is 0.854 bits per heavy atom. The minimum Gasteiger partial charge on any atom is -0.497 e. The highest BCUT2D eigenvalue weighted by Gasteiger charge is 2.35. The van der Waals surface area contributed by atoms with Crippen molar-refractivity contribution in [3.05, 3.63) is 118 Å². The lowest BCUT2D eigenvalue weighted by Crippen LogP contribution is -2.32. The van der Waals surface area contributed by atoms with E-state index in [0.29, 0.717) is 6.42 Å². The third-order valence-corrected chi connectivity index (χ3v) is 8.51. The van der Waals surface area contributed by atoms with Crippen molar-refractivity contribution in [2.75, 3.05) is 14.2 Å². The number of hydrogen-bond donors (Lipinski definition) is 0. The highest BCUT2D eigenvalue weighted by Crippen LogP contribution is 2.43. The van der Waals surface area contributed by atoms with Crippen molar-refractivity contribution in [2.24, 2.45) is 0 Å². The number of aryl methyl sites for hydroxylation is 2. The first kappa shape index (κ1) is 30.2. The zero-order chi connectivity index (χ0) is 29.7. The van der Waals surface area contributed by atoms with Crippen LogP contribution in [-0.2, 0) is 4.79 Å². The van der Waals surface area contributed by atoms with Crippen LogP contribution in [0.2, 0.25) is 0 Å². The van der Waals surface area contributed by atoms with Gasteiger partial charge in [0.1, 0.15) is 5.75 Å². The summed E-state index contributed by atoms with van der Waals surface area (Å²) in [4.78, 5) is 16.3. The monoisotopic (exact) mass is 550 g/mol. The number of aromatic nitrogens is 1. The molecule has 4 heteroatoms. The molecule has 0 aliphatic heterocycles. The number of Topliss-reactive ketones (excluding diaryl/α,β-unsaturated/α-hetero) is 1. The SMILES string of the molecule is CC.COc1ccc(C2CC(=O)C(C(c3ccc(-n4c(C)ccc4C)cc3)N(C)C3=C(C)CCC=C3)=C(C)C2)cc1. The van der Waals surface area contributed by atoms with Gasteiger partial charge in [-0.15, -0.1) is 0 Å². The van der Waals surface area contributed by atoms with Crippen molar-refractivity contribution in [3.8, 4) is 11.4 Å². The maximum Gasteiger partial charge on any atom is 0.161 e. The van der Waals surface area contributed by atoms with E-state index in [1.54, 1.807) is 7.11 Å². The molecule has 0 N–H and O–H groups in total. The smallest absolute Gasteiger partial charge is 0.161 e. The van der Waals surface area contributed by atoms with Crippen LogP contribution in [0.4, 0.5) is 0 Å². The van der Waals surface area contributed by atoms with Gasteiger partial charge in [0.05, 0.1) is 13.2 Å². The number of methoxy groups -OCH3 is 1. The van der Waals surface area contributed by atoms with E-state index < -0.39 is 0 Å². The highest BCUT2D eigenvalue weighted by molar-refractivity contribution is 5.99. The van der Waals surface area contributed by atoms with E-state index in [4.69, 9.17) is 4.74 Å². The highest BCUT2D eigenvalue weighted by atomic mass is 16.5. The second-order valence-electron chi connectivity index (χ2n) is 11.2. The fourth-order valence-electron chi connectivity index (χ4n) is 6.41. The predicted molar refractivity (Wildman–Crippen MR) is 171 cm³/mol. The molecule has 2 aliphatic carbocycles. The second-order valence-corrected chi connectivity index (χ2v) is 11.2. The van der Waals surface area contributed by atoms with Gasteiger partial charge in [0, 0.05) is 41.8 Å². The molecule has 4 nitrogen and oxygen atoms in total. The molecular formula is C37H46N2O2. The summed E-state index contributed by atoms with van der Waals surface area (Å²) in [7, 11) is 3.83. The molecule has 0 radical (unpaired) electrons. The number of rotatable bonds is 7. The number of allylic oxidation sites excluding steroid dienone is 4. The lowest BCUT2D eigenvalue weighted by atomic mass is 9.76. The molecule has 2 aliphatic rings. The first-order valence-electron chi connectivity index (χ1n) is 15.0.